The smallest absolute Gasteiger partial charge is 0.253 e. The van der Waals surface area contributed by atoms with Gasteiger partial charge in [0, 0.05) is 17.9 Å². The number of piperidine rings is 1. The van der Waals surface area contributed by atoms with E-state index in [1.165, 1.54) is 12.8 Å². The Morgan fingerprint density at radius 2 is 2.05 bits per heavy atom. The van der Waals surface area contributed by atoms with E-state index < -0.39 is 0 Å². The summed E-state index contributed by atoms with van der Waals surface area (Å²) in [5, 5.41) is 2.94. The SMILES string of the molecule is CN1CCC(CCNC(=O)c2ccc(N)cc2N)CC1. The number of hydrogen-bond donors (Lipinski definition) is 3. The zero-order chi connectivity index (χ0) is 14.5. The van der Waals surface area contributed by atoms with Crippen LogP contribution >= 0.6 is 0 Å². The lowest BCUT2D eigenvalue weighted by Gasteiger charge is -2.28. The zero-order valence-corrected chi connectivity index (χ0v) is 12.1. The van der Waals surface area contributed by atoms with E-state index in [0.717, 1.165) is 25.4 Å². The topological polar surface area (TPSA) is 84.4 Å². The predicted octanol–water partition coefficient (Wildman–Crippen LogP) is 1.31. The van der Waals surface area contributed by atoms with E-state index in [2.05, 4.69) is 17.3 Å². The van der Waals surface area contributed by atoms with Crippen LogP contribution in [0, 0.1) is 5.92 Å². The third-order valence-electron chi connectivity index (χ3n) is 4.00. The van der Waals surface area contributed by atoms with E-state index in [4.69, 9.17) is 11.5 Å². The van der Waals surface area contributed by atoms with E-state index in [1.807, 2.05) is 0 Å². The van der Waals surface area contributed by atoms with E-state index in [-0.39, 0.29) is 5.91 Å². The molecule has 1 saturated heterocycles. The number of carbonyl (C=O) groups excluding carboxylic acids is 1. The molecular weight excluding hydrogens is 252 g/mol. The molecule has 0 aliphatic carbocycles. The van der Waals surface area contributed by atoms with Gasteiger partial charge in [-0.15, -0.1) is 0 Å². The van der Waals surface area contributed by atoms with Crippen LogP contribution in [0.3, 0.4) is 0 Å². The number of nitrogens with zero attached hydrogens (tertiary/aromatic N) is 1. The number of hydrogen-bond acceptors (Lipinski definition) is 4. The second-order valence-electron chi connectivity index (χ2n) is 5.64. The first kappa shape index (κ1) is 14.7. The summed E-state index contributed by atoms with van der Waals surface area (Å²) < 4.78 is 0. The first-order valence-electron chi connectivity index (χ1n) is 7.18. The Morgan fingerprint density at radius 3 is 2.70 bits per heavy atom. The van der Waals surface area contributed by atoms with Crippen molar-refractivity contribution in [1.82, 2.24) is 10.2 Å². The summed E-state index contributed by atoms with van der Waals surface area (Å²) in [6, 6.07) is 4.99. The van der Waals surface area contributed by atoms with Crippen LogP contribution in [0.4, 0.5) is 11.4 Å². The van der Waals surface area contributed by atoms with Crippen molar-refractivity contribution in [2.45, 2.75) is 19.3 Å². The van der Waals surface area contributed by atoms with Crippen LogP contribution in [-0.4, -0.2) is 37.5 Å². The first-order valence-corrected chi connectivity index (χ1v) is 7.18. The third kappa shape index (κ3) is 3.87. The molecule has 2 rings (SSSR count). The van der Waals surface area contributed by atoms with Crippen LogP contribution in [-0.2, 0) is 0 Å². The molecule has 1 fully saturated rings. The van der Waals surface area contributed by atoms with Gasteiger partial charge in [-0.25, -0.2) is 0 Å². The number of nitrogen functional groups attached to an aromatic ring is 2. The second kappa shape index (κ2) is 6.61. The van der Waals surface area contributed by atoms with Gasteiger partial charge < -0.3 is 21.7 Å². The number of anilines is 2. The highest BCUT2D eigenvalue weighted by Crippen LogP contribution is 2.19. The summed E-state index contributed by atoms with van der Waals surface area (Å²) in [4.78, 5) is 14.4. The van der Waals surface area contributed by atoms with Gasteiger partial charge in [-0.1, -0.05) is 0 Å². The Balaban J connectivity index is 1.77. The van der Waals surface area contributed by atoms with Crippen molar-refractivity contribution >= 4 is 17.3 Å². The lowest BCUT2D eigenvalue weighted by Crippen LogP contribution is -2.32. The fourth-order valence-electron chi connectivity index (χ4n) is 2.62. The number of amides is 1. The number of carbonyl (C=O) groups is 1. The zero-order valence-electron chi connectivity index (χ0n) is 12.1. The molecule has 0 saturated carbocycles. The molecule has 0 bridgehead atoms. The first-order chi connectivity index (χ1) is 9.56. The van der Waals surface area contributed by atoms with Crippen molar-refractivity contribution in [3.63, 3.8) is 0 Å². The highest BCUT2D eigenvalue weighted by atomic mass is 16.1. The largest absolute Gasteiger partial charge is 0.399 e. The average molecular weight is 276 g/mol. The van der Waals surface area contributed by atoms with Crippen LogP contribution in [0.1, 0.15) is 29.6 Å². The highest BCUT2D eigenvalue weighted by Gasteiger charge is 2.17. The van der Waals surface area contributed by atoms with Gasteiger partial charge in [0.05, 0.1) is 5.56 Å². The number of rotatable bonds is 4. The maximum Gasteiger partial charge on any atom is 0.253 e. The molecule has 1 aliphatic rings. The summed E-state index contributed by atoms with van der Waals surface area (Å²) in [7, 11) is 2.15. The number of likely N-dealkylation sites (tertiary alicyclic amines) is 1. The Morgan fingerprint density at radius 1 is 1.35 bits per heavy atom. The summed E-state index contributed by atoms with van der Waals surface area (Å²) in [6.45, 7) is 3.02. The average Bonchev–Trinajstić information content (AvgIpc) is 2.41. The van der Waals surface area contributed by atoms with E-state index >= 15 is 0 Å². The molecule has 0 atom stereocenters. The van der Waals surface area contributed by atoms with Crippen molar-refractivity contribution in [2.75, 3.05) is 38.1 Å². The van der Waals surface area contributed by atoms with Gasteiger partial charge in [0.2, 0.25) is 0 Å². The molecule has 1 heterocycles. The number of nitrogens with one attached hydrogen (secondary N) is 1. The van der Waals surface area contributed by atoms with Crippen LogP contribution in [0.2, 0.25) is 0 Å². The monoisotopic (exact) mass is 276 g/mol. The molecule has 5 nitrogen and oxygen atoms in total. The standard InChI is InChI=1S/C15H24N4O/c1-19-8-5-11(6-9-19)4-7-18-15(20)13-3-2-12(16)10-14(13)17/h2-3,10-11H,4-9,16-17H2,1H3,(H,18,20). The fourth-order valence-corrected chi connectivity index (χ4v) is 2.62. The predicted molar refractivity (Wildman–Crippen MR) is 82.4 cm³/mol. The molecule has 1 aromatic rings. The highest BCUT2D eigenvalue weighted by molar-refractivity contribution is 5.99. The maximum atomic E-state index is 12.0. The summed E-state index contributed by atoms with van der Waals surface area (Å²) in [6.07, 6.45) is 3.47. The number of benzene rings is 1. The van der Waals surface area contributed by atoms with E-state index in [9.17, 15) is 4.79 Å². The van der Waals surface area contributed by atoms with Crippen molar-refractivity contribution in [3.05, 3.63) is 23.8 Å². The molecule has 1 amide bonds. The van der Waals surface area contributed by atoms with Gasteiger partial charge in [0.25, 0.3) is 5.91 Å². The van der Waals surface area contributed by atoms with E-state index in [0.29, 0.717) is 23.5 Å². The molecule has 1 aromatic carbocycles. The molecule has 0 unspecified atom stereocenters. The minimum atomic E-state index is -0.115. The van der Waals surface area contributed by atoms with Crippen molar-refractivity contribution < 1.29 is 4.79 Å². The van der Waals surface area contributed by atoms with Crippen LogP contribution in [0.15, 0.2) is 18.2 Å². The lowest BCUT2D eigenvalue weighted by atomic mass is 9.94. The summed E-state index contributed by atoms with van der Waals surface area (Å²) in [5.74, 6) is 0.602. The number of nitrogens with two attached hydrogens (primary N) is 2. The van der Waals surface area contributed by atoms with Crippen molar-refractivity contribution in [2.24, 2.45) is 5.92 Å². The molecule has 0 spiro atoms. The van der Waals surface area contributed by atoms with Crippen molar-refractivity contribution in [1.29, 1.82) is 0 Å². The van der Waals surface area contributed by atoms with Crippen molar-refractivity contribution in [3.8, 4) is 0 Å². The van der Waals surface area contributed by atoms with Gasteiger partial charge in [-0.2, -0.15) is 0 Å². The van der Waals surface area contributed by atoms with Gasteiger partial charge in [0.1, 0.15) is 0 Å². The minimum absolute atomic E-state index is 0.115. The van der Waals surface area contributed by atoms with Gasteiger partial charge in [-0.05, 0) is 63.5 Å². The van der Waals surface area contributed by atoms with Crippen LogP contribution in [0.25, 0.3) is 0 Å². The Hall–Kier alpha value is -1.75. The van der Waals surface area contributed by atoms with E-state index in [1.54, 1.807) is 18.2 Å². The minimum Gasteiger partial charge on any atom is -0.399 e. The summed E-state index contributed by atoms with van der Waals surface area (Å²) >= 11 is 0. The molecule has 110 valence electrons. The molecule has 0 aromatic heterocycles. The molecular formula is C15H24N4O. The lowest BCUT2D eigenvalue weighted by molar-refractivity contribution is 0.0950. The molecule has 5 N–H and O–H groups in total. The Kier molecular flexibility index (Phi) is 4.84. The molecule has 5 heteroatoms. The normalized spacial score (nSPS) is 17.1. The molecule has 0 radical (unpaired) electrons. The van der Waals surface area contributed by atoms with Gasteiger partial charge >= 0.3 is 0 Å². The Bertz CT molecular complexity index is 467. The summed E-state index contributed by atoms with van der Waals surface area (Å²) in [5.41, 5.74) is 12.9. The quantitative estimate of drug-likeness (QED) is 0.724. The molecule has 1 aliphatic heterocycles. The van der Waals surface area contributed by atoms with Gasteiger partial charge in [-0.3, -0.25) is 4.79 Å². The Labute approximate surface area is 120 Å². The van der Waals surface area contributed by atoms with Crippen LogP contribution < -0.4 is 16.8 Å². The van der Waals surface area contributed by atoms with Gasteiger partial charge in [0.15, 0.2) is 0 Å². The fraction of sp³-hybridized carbons (Fsp3) is 0.533. The molecule has 20 heavy (non-hydrogen) atoms. The third-order valence-corrected chi connectivity index (χ3v) is 4.00. The van der Waals surface area contributed by atoms with Crippen LogP contribution in [0.5, 0.6) is 0 Å². The second-order valence-corrected chi connectivity index (χ2v) is 5.64. The maximum absolute atomic E-state index is 12.0.